The number of nitriles is 1. The SMILES string of the molecule is CC(=O)NC[C@H]1[C@H]2C[C@H](CN(C(=O)c3cc(C#N)c[nH]3)C2)[C@@H]2CCCC(=O)N21. The highest BCUT2D eigenvalue weighted by Gasteiger charge is 2.50. The van der Waals surface area contributed by atoms with Crippen LogP contribution in [0.2, 0.25) is 0 Å². The van der Waals surface area contributed by atoms with Crippen LogP contribution in [0.4, 0.5) is 0 Å². The number of hydrogen-bond donors (Lipinski definition) is 2. The van der Waals surface area contributed by atoms with Gasteiger partial charge in [0.15, 0.2) is 0 Å². The number of carbonyl (C=O) groups is 3. The van der Waals surface area contributed by atoms with Gasteiger partial charge in [-0.15, -0.1) is 0 Å². The summed E-state index contributed by atoms with van der Waals surface area (Å²) in [5.41, 5.74) is 0.861. The summed E-state index contributed by atoms with van der Waals surface area (Å²) in [5.74, 6) is 0.348. The van der Waals surface area contributed by atoms with Crippen LogP contribution in [0.3, 0.4) is 0 Å². The molecule has 8 nitrogen and oxygen atoms in total. The number of rotatable bonds is 3. The van der Waals surface area contributed by atoms with Crippen LogP contribution in [0.25, 0.3) is 0 Å². The second-order valence-electron chi connectivity index (χ2n) is 8.14. The molecule has 2 N–H and O–H groups in total. The van der Waals surface area contributed by atoms with Crippen molar-refractivity contribution < 1.29 is 14.4 Å². The minimum atomic E-state index is -0.109. The average molecular weight is 383 g/mol. The minimum absolute atomic E-state index is 0.0770. The van der Waals surface area contributed by atoms with Gasteiger partial charge in [0.05, 0.1) is 11.6 Å². The molecule has 0 spiro atoms. The largest absolute Gasteiger partial charge is 0.356 e. The number of H-pyrrole nitrogens is 1. The highest BCUT2D eigenvalue weighted by molar-refractivity contribution is 5.93. The van der Waals surface area contributed by atoms with E-state index in [1.807, 2.05) is 15.9 Å². The summed E-state index contributed by atoms with van der Waals surface area (Å²) in [5, 5.41) is 11.9. The van der Waals surface area contributed by atoms with Crippen molar-refractivity contribution in [2.75, 3.05) is 19.6 Å². The summed E-state index contributed by atoms with van der Waals surface area (Å²) in [6.07, 6.45) is 4.90. The molecule has 3 amide bonds. The molecule has 0 saturated carbocycles. The lowest BCUT2D eigenvalue weighted by Gasteiger charge is -2.56. The number of aromatic amines is 1. The lowest BCUT2D eigenvalue weighted by atomic mass is 9.72. The van der Waals surface area contributed by atoms with Crippen LogP contribution in [-0.2, 0) is 9.59 Å². The molecule has 148 valence electrons. The number of amides is 3. The van der Waals surface area contributed by atoms with Crippen LogP contribution in [0.5, 0.6) is 0 Å². The van der Waals surface area contributed by atoms with Crippen molar-refractivity contribution in [3.05, 3.63) is 23.5 Å². The van der Waals surface area contributed by atoms with E-state index in [2.05, 4.69) is 10.3 Å². The van der Waals surface area contributed by atoms with Crippen LogP contribution in [-0.4, -0.2) is 64.2 Å². The molecule has 1 aromatic heterocycles. The van der Waals surface area contributed by atoms with E-state index in [4.69, 9.17) is 5.26 Å². The zero-order valence-corrected chi connectivity index (χ0v) is 16.0. The Bertz CT molecular complexity index is 841. The molecule has 1 aromatic rings. The van der Waals surface area contributed by atoms with Gasteiger partial charge >= 0.3 is 0 Å². The van der Waals surface area contributed by atoms with Crippen molar-refractivity contribution >= 4 is 17.7 Å². The van der Waals surface area contributed by atoms with Crippen molar-refractivity contribution in [2.45, 2.75) is 44.7 Å². The maximum atomic E-state index is 13.0. The third-order valence-electron chi connectivity index (χ3n) is 6.39. The fourth-order valence-electron chi connectivity index (χ4n) is 5.20. The van der Waals surface area contributed by atoms with Gasteiger partial charge in [0.1, 0.15) is 11.8 Å². The predicted molar refractivity (Wildman–Crippen MR) is 100.0 cm³/mol. The molecule has 2 bridgehead atoms. The maximum Gasteiger partial charge on any atom is 0.270 e. The Balaban J connectivity index is 1.58. The van der Waals surface area contributed by atoms with E-state index in [9.17, 15) is 14.4 Å². The number of piperidine rings is 3. The Morgan fingerprint density at radius 2 is 2.14 bits per heavy atom. The van der Waals surface area contributed by atoms with Crippen molar-refractivity contribution in [2.24, 2.45) is 11.8 Å². The van der Waals surface area contributed by atoms with Gasteiger partial charge in [-0.2, -0.15) is 5.26 Å². The molecule has 3 saturated heterocycles. The molecule has 0 aliphatic carbocycles. The van der Waals surface area contributed by atoms with Crippen molar-refractivity contribution in [1.82, 2.24) is 20.1 Å². The first-order valence-corrected chi connectivity index (χ1v) is 9.91. The van der Waals surface area contributed by atoms with E-state index >= 15 is 0 Å². The van der Waals surface area contributed by atoms with Gasteiger partial charge in [-0.3, -0.25) is 14.4 Å². The predicted octanol–water partition coefficient (Wildman–Crippen LogP) is 0.864. The number of nitrogens with zero attached hydrogens (tertiary/aromatic N) is 3. The maximum absolute atomic E-state index is 13.0. The molecule has 3 aliphatic rings. The molecule has 3 aliphatic heterocycles. The summed E-state index contributed by atoms with van der Waals surface area (Å²) >= 11 is 0. The Morgan fingerprint density at radius 1 is 1.36 bits per heavy atom. The Hall–Kier alpha value is -2.82. The highest BCUT2D eigenvalue weighted by Crippen LogP contribution is 2.41. The van der Waals surface area contributed by atoms with Crippen molar-refractivity contribution in [1.29, 1.82) is 5.26 Å². The molecule has 4 heterocycles. The molecule has 3 fully saturated rings. The van der Waals surface area contributed by atoms with E-state index in [1.165, 1.54) is 6.92 Å². The lowest BCUT2D eigenvalue weighted by molar-refractivity contribution is -0.151. The van der Waals surface area contributed by atoms with E-state index in [0.29, 0.717) is 37.3 Å². The van der Waals surface area contributed by atoms with Gasteiger partial charge < -0.3 is 20.1 Å². The Morgan fingerprint density at radius 3 is 2.86 bits per heavy atom. The zero-order chi connectivity index (χ0) is 19.8. The fourth-order valence-corrected chi connectivity index (χ4v) is 5.20. The fraction of sp³-hybridized carbons (Fsp3) is 0.600. The van der Waals surface area contributed by atoms with Crippen LogP contribution in [0.1, 0.15) is 48.7 Å². The van der Waals surface area contributed by atoms with Gasteiger partial charge in [-0.05, 0) is 37.2 Å². The summed E-state index contributed by atoms with van der Waals surface area (Å²) < 4.78 is 0. The third-order valence-corrected chi connectivity index (χ3v) is 6.39. The van der Waals surface area contributed by atoms with Crippen molar-refractivity contribution in [3.8, 4) is 6.07 Å². The van der Waals surface area contributed by atoms with Gasteiger partial charge in [-0.25, -0.2) is 0 Å². The first-order valence-electron chi connectivity index (χ1n) is 9.91. The third kappa shape index (κ3) is 3.26. The van der Waals surface area contributed by atoms with Crippen LogP contribution in [0.15, 0.2) is 12.3 Å². The van der Waals surface area contributed by atoms with Gasteiger partial charge in [-0.1, -0.05) is 0 Å². The molecular weight excluding hydrogens is 358 g/mol. The number of carbonyl (C=O) groups excluding carboxylic acids is 3. The molecular formula is C20H25N5O3. The van der Waals surface area contributed by atoms with Gasteiger partial charge in [0, 0.05) is 45.2 Å². The molecule has 0 unspecified atom stereocenters. The summed E-state index contributed by atoms with van der Waals surface area (Å²) in [6, 6.07) is 3.67. The lowest BCUT2D eigenvalue weighted by Crippen LogP contribution is -2.67. The number of likely N-dealkylation sites (tertiary alicyclic amines) is 1. The molecule has 28 heavy (non-hydrogen) atoms. The van der Waals surface area contributed by atoms with E-state index in [1.54, 1.807) is 12.3 Å². The monoisotopic (exact) mass is 383 g/mol. The number of hydrogen-bond acceptors (Lipinski definition) is 4. The first kappa shape index (κ1) is 18.5. The summed E-state index contributed by atoms with van der Waals surface area (Å²) in [7, 11) is 0. The second kappa shape index (κ2) is 7.30. The van der Waals surface area contributed by atoms with Crippen LogP contribution >= 0.6 is 0 Å². The summed E-state index contributed by atoms with van der Waals surface area (Å²) in [6.45, 7) is 3.09. The van der Waals surface area contributed by atoms with Crippen LogP contribution in [0, 0.1) is 23.2 Å². The quantitative estimate of drug-likeness (QED) is 0.807. The molecule has 8 heteroatoms. The van der Waals surface area contributed by atoms with Crippen LogP contribution < -0.4 is 5.32 Å². The zero-order valence-electron chi connectivity index (χ0n) is 16.0. The summed E-state index contributed by atoms with van der Waals surface area (Å²) in [4.78, 5) is 43.9. The number of nitrogens with one attached hydrogen (secondary N) is 2. The number of fused-ring (bicyclic) bond motifs is 4. The minimum Gasteiger partial charge on any atom is -0.356 e. The van der Waals surface area contributed by atoms with E-state index < -0.39 is 0 Å². The molecule has 0 aromatic carbocycles. The molecule has 0 radical (unpaired) electrons. The van der Waals surface area contributed by atoms with E-state index in [-0.39, 0.29) is 41.6 Å². The topological polar surface area (TPSA) is 109 Å². The van der Waals surface area contributed by atoms with E-state index in [0.717, 1.165) is 19.3 Å². The Labute approximate surface area is 163 Å². The molecule has 4 atom stereocenters. The second-order valence-corrected chi connectivity index (χ2v) is 8.14. The van der Waals surface area contributed by atoms with Gasteiger partial charge in [0.2, 0.25) is 11.8 Å². The normalized spacial score (nSPS) is 29.1. The number of aromatic nitrogens is 1. The smallest absolute Gasteiger partial charge is 0.270 e. The molecule has 4 rings (SSSR count). The first-order chi connectivity index (χ1) is 13.5. The standard InChI is InChI=1S/C20H25N5O3/c1-12(26)22-9-18-15-6-14(17-3-2-4-19(27)25(17)18)10-24(11-15)20(28)16-5-13(7-21)8-23-16/h5,8,14-15,17-18,23H,2-4,6,9-11H2,1H3,(H,22,26)/t14-,15+,17+,18+/m1/s1. The average Bonchev–Trinajstić information content (AvgIpc) is 3.16. The van der Waals surface area contributed by atoms with Crippen molar-refractivity contribution in [3.63, 3.8) is 0 Å². The highest BCUT2D eigenvalue weighted by atomic mass is 16.2. The Kier molecular flexibility index (Phi) is 4.84. The van der Waals surface area contributed by atoms with Gasteiger partial charge in [0.25, 0.3) is 5.91 Å².